The Morgan fingerprint density at radius 1 is 1.50 bits per heavy atom. The molecule has 0 N–H and O–H groups in total. The molecule has 0 saturated carbocycles. The highest BCUT2D eigenvalue weighted by Gasteiger charge is 2.34. The van der Waals surface area contributed by atoms with Crippen molar-refractivity contribution in [3.63, 3.8) is 0 Å². The molecule has 1 atom stereocenters. The van der Waals surface area contributed by atoms with Gasteiger partial charge in [0.15, 0.2) is 0 Å². The average Bonchev–Trinajstić information content (AvgIpc) is 2.73. The summed E-state index contributed by atoms with van der Waals surface area (Å²) < 4.78 is 5.84. The molecule has 1 aliphatic heterocycles. The number of thiazole rings is 1. The van der Waals surface area contributed by atoms with Crippen molar-refractivity contribution in [1.29, 1.82) is 0 Å². The first-order valence-electron chi connectivity index (χ1n) is 7.02. The lowest BCUT2D eigenvalue weighted by Crippen LogP contribution is -2.53. The van der Waals surface area contributed by atoms with Crippen molar-refractivity contribution < 1.29 is 9.53 Å². The maximum absolute atomic E-state index is 12.6. The first-order chi connectivity index (χ1) is 9.08. The van der Waals surface area contributed by atoms with Crippen molar-refractivity contribution in [3.8, 4) is 0 Å². The highest BCUT2D eigenvalue weighted by Crippen LogP contribution is 2.29. The van der Waals surface area contributed by atoms with E-state index in [1.54, 1.807) is 6.20 Å². The fourth-order valence-electron chi connectivity index (χ4n) is 2.48. The van der Waals surface area contributed by atoms with E-state index < -0.39 is 0 Å². The molecule has 1 fully saturated rings. The average molecular weight is 296 g/mol. The SMILES string of the molecule is C[C@@H]1CN(C(=O)c2cnc(C(C)(C)C)s2)CC(C)(C)O1. The Morgan fingerprint density at radius 3 is 2.65 bits per heavy atom. The van der Waals surface area contributed by atoms with Gasteiger partial charge in [-0.15, -0.1) is 11.3 Å². The molecule has 0 spiro atoms. The Morgan fingerprint density at radius 2 is 2.15 bits per heavy atom. The van der Waals surface area contributed by atoms with Crippen LogP contribution in [-0.2, 0) is 10.2 Å². The predicted molar refractivity (Wildman–Crippen MR) is 81.3 cm³/mol. The number of aromatic nitrogens is 1. The Bertz CT molecular complexity index is 502. The molecular weight excluding hydrogens is 272 g/mol. The van der Waals surface area contributed by atoms with Crippen LogP contribution in [0.25, 0.3) is 0 Å². The van der Waals surface area contributed by atoms with E-state index in [9.17, 15) is 4.79 Å². The van der Waals surface area contributed by atoms with Crippen molar-refractivity contribution in [1.82, 2.24) is 9.88 Å². The molecule has 5 heteroatoms. The van der Waals surface area contributed by atoms with Crippen molar-refractivity contribution >= 4 is 17.2 Å². The van der Waals surface area contributed by atoms with Crippen LogP contribution >= 0.6 is 11.3 Å². The summed E-state index contributed by atoms with van der Waals surface area (Å²) in [6.07, 6.45) is 1.78. The second-order valence-corrected chi connectivity index (χ2v) is 8.18. The zero-order valence-electron chi connectivity index (χ0n) is 13.2. The molecule has 2 heterocycles. The van der Waals surface area contributed by atoms with Gasteiger partial charge in [0.2, 0.25) is 0 Å². The standard InChI is InChI=1S/C15H24N2O2S/c1-10-8-17(9-15(5,6)19-10)12(18)11-7-16-13(20-11)14(2,3)4/h7,10H,8-9H2,1-6H3/t10-/m1/s1. The van der Waals surface area contributed by atoms with Crippen molar-refractivity contribution in [3.05, 3.63) is 16.1 Å². The van der Waals surface area contributed by atoms with E-state index in [1.807, 2.05) is 25.7 Å². The molecule has 1 saturated heterocycles. The van der Waals surface area contributed by atoms with E-state index in [-0.39, 0.29) is 23.0 Å². The third-order valence-corrected chi connectivity index (χ3v) is 4.63. The first-order valence-corrected chi connectivity index (χ1v) is 7.83. The Labute approximate surface area is 125 Å². The lowest BCUT2D eigenvalue weighted by Gasteiger charge is -2.41. The normalized spacial score (nSPS) is 22.9. The monoisotopic (exact) mass is 296 g/mol. The summed E-state index contributed by atoms with van der Waals surface area (Å²) >= 11 is 1.50. The van der Waals surface area contributed by atoms with Crippen LogP contribution in [0.3, 0.4) is 0 Å². The molecular formula is C15H24N2O2S. The fraction of sp³-hybridized carbons (Fsp3) is 0.733. The van der Waals surface area contributed by atoms with Crippen LogP contribution in [0.4, 0.5) is 0 Å². The van der Waals surface area contributed by atoms with Crippen LogP contribution < -0.4 is 0 Å². The largest absolute Gasteiger partial charge is 0.369 e. The predicted octanol–water partition coefficient (Wildman–Crippen LogP) is 3.08. The lowest BCUT2D eigenvalue weighted by molar-refractivity contribution is -0.118. The van der Waals surface area contributed by atoms with E-state index in [0.717, 1.165) is 9.88 Å². The summed E-state index contributed by atoms with van der Waals surface area (Å²) in [5.41, 5.74) is -0.300. The van der Waals surface area contributed by atoms with Gasteiger partial charge in [-0.05, 0) is 20.8 Å². The zero-order chi connectivity index (χ0) is 15.1. The summed E-state index contributed by atoms with van der Waals surface area (Å²) in [6.45, 7) is 13.7. The summed E-state index contributed by atoms with van der Waals surface area (Å²) in [4.78, 5) is 19.6. The number of morpholine rings is 1. The number of carbonyl (C=O) groups is 1. The minimum Gasteiger partial charge on any atom is -0.369 e. The van der Waals surface area contributed by atoms with Crippen molar-refractivity contribution in [2.75, 3.05) is 13.1 Å². The second-order valence-electron chi connectivity index (χ2n) is 7.15. The first kappa shape index (κ1) is 15.4. The zero-order valence-corrected chi connectivity index (χ0v) is 14.0. The fourth-order valence-corrected chi connectivity index (χ4v) is 3.43. The molecule has 0 aliphatic carbocycles. The van der Waals surface area contributed by atoms with E-state index in [1.165, 1.54) is 11.3 Å². The van der Waals surface area contributed by atoms with Gasteiger partial charge in [0, 0.05) is 18.5 Å². The highest BCUT2D eigenvalue weighted by atomic mass is 32.1. The van der Waals surface area contributed by atoms with Gasteiger partial charge in [-0.1, -0.05) is 20.8 Å². The molecule has 1 aromatic heterocycles. The molecule has 0 radical (unpaired) electrons. The highest BCUT2D eigenvalue weighted by molar-refractivity contribution is 7.13. The van der Waals surface area contributed by atoms with E-state index in [0.29, 0.717) is 13.1 Å². The van der Waals surface area contributed by atoms with Crippen LogP contribution in [0.5, 0.6) is 0 Å². The summed E-state index contributed by atoms with van der Waals surface area (Å²) in [5.74, 6) is 0.0706. The quantitative estimate of drug-likeness (QED) is 0.800. The molecule has 0 aromatic carbocycles. The molecule has 4 nitrogen and oxygen atoms in total. The molecule has 112 valence electrons. The topological polar surface area (TPSA) is 42.4 Å². The molecule has 0 bridgehead atoms. The van der Waals surface area contributed by atoms with Gasteiger partial charge in [-0.2, -0.15) is 0 Å². The maximum atomic E-state index is 12.6. The smallest absolute Gasteiger partial charge is 0.265 e. The van der Waals surface area contributed by atoms with Crippen LogP contribution in [0.2, 0.25) is 0 Å². The Kier molecular flexibility index (Phi) is 3.95. The van der Waals surface area contributed by atoms with Crippen LogP contribution in [0, 0.1) is 0 Å². The Balaban J connectivity index is 2.17. The van der Waals surface area contributed by atoms with Gasteiger partial charge in [0.05, 0.1) is 22.9 Å². The molecule has 20 heavy (non-hydrogen) atoms. The molecule has 2 rings (SSSR count). The third-order valence-electron chi connectivity index (χ3n) is 3.21. The van der Waals surface area contributed by atoms with E-state index >= 15 is 0 Å². The van der Waals surface area contributed by atoms with Gasteiger partial charge in [0.25, 0.3) is 5.91 Å². The van der Waals surface area contributed by atoms with E-state index in [2.05, 4.69) is 25.8 Å². The van der Waals surface area contributed by atoms with Crippen LogP contribution in [-0.4, -0.2) is 40.6 Å². The van der Waals surface area contributed by atoms with Gasteiger partial charge < -0.3 is 9.64 Å². The summed E-state index contributed by atoms with van der Waals surface area (Å²) in [6, 6.07) is 0. The molecule has 1 aliphatic rings. The molecule has 1 amide bonds. The van der Waals surface area contributed by atoms with Gasteiger partial charge >= 0.3 is 0 Å². The minimum atomic E-state index is -0.287. The van der Waals surface area contributed by atoms with Crippen molar-refractivity contribution in [2.45, 2.75) is 58.7 Å². The van der Waals surface area contributed by atoms with E-state index in [4.69, 9.17) is 4.74 Å². The number of hydrogen-bond acceptors (Lipinski definition) is 4. The minimum absolute atomic E-state index is 0.0131. The number of ether oxygens (including phenoxy) is 1. The third kappa shape index (κ3) is 3.38. The number of amides is 1. The van der Waals surface area contributed by atoms with Crippen LogP contribution in [0.15, 0.2) is 6.20 Å². The van der Waals surface area contributed by atoms with Gasteiger partial charge in [-0.25, -0.2) is 4.98 Å². The lowest BCUT2D eigenvalue weighted by atomic mass is 9.98. The molecule has 0 unspecified atom stereocenters. The van der Waals surface area contributed by atoms with Gasteiger partial charge in [0.1, 0.15) is 4.88 Å². The molecule has 1 aromatic rings. The second kappa shape index (κ2) is 5.11. The Hall–Kier alpha value is -0.940. The van der Waals surface area contributed by atoms with Crippen molar-refractivity contribution in [2.24, 2.45) is 0 Å². The summed E-state index contributed by atoms with van der Waals surface area (Å²) in [5, 5.41) is 1.00. The van der Waals surface area contributed by atoms with Crippen LogP contribution in [0.1, 0.15) is 56.2 Å². The summed E-state index contributed by atoms with van der Waals surface area (Å²) in [7, 11) is 0. The number of nitrogens with zero attached hydrogens (tertiary/aromatic N) is 2. The number of hydrogen-bond donors (Lipinski definition) is 0. The maximum Gasteiger partial charge on any atom is 0.265 e. The number of carbonyl (C=O) groups excluding carboxylic acids is 1. The number of rotatable bonds is 1. The van der Waals surface area contributed by atoms with Gasteiger partial charge in [-0.3, -0.25) is 4.79 Å².